The number of benzene rings is 1. The van der Waals surface area contributed by atoms with Crippen LogP contribution in [0.15, 0.2) is 54.9 Å². The lowest BCUT2D eigenvalue weighted by molar-refractivity contribution is -0.137. The molecular formula is C18H20F3N3O. The van der Waals surface area contributed by atoms with E-state index in [4.69, 9.17) is 0 Å². The van der Waals surface area contributed by atoms with Crippen molar-refractivity contribution < 1.29 is 18.0 Å². The highest BCUT2D eigenvalue weighted by Crippen LogP contribution is 2.29. The van der Waals surface area contributed by atoms with E-state index in [1.165, 1.54) is 12.1 Å². The van der Waals surface area contributed by atoms with E-state index in [0.29, 0.717) is 19.6 Å². The summed E-state index contributed by atoms with van der Waals surface area (Å²) in [6.07, 6.45) is 0.0452. The van der Waals surface area contributed by atoms with Crippen molar-refractivity contribution in [2.75, 3.05) is 26.2 Å². The van der Waals surface area contributed by atoms with Gasteiger partial charge in [0.2, 0.25) is 6.41 Å². The summed E-state index contributed by atoms with van der Waals surface area (Å²) >= 11 is 0. The van der Waals surface area contributed by atoms with Crippen LogP contribution in [0.1, 0.15) is 11.1 Å². The van der Waals surface area contributed by atoms with Gasteiger partial charge in [0, 0.05) is 45.1 Å². The highest BCUT2D eigenvalue weighted by molar-refractivity contribution is 5.47. The molecule has 134 valence electrons. The molecule has 2 aromatic rings. The first kappa shape index (κ1) is 18.9. The molecule has 0 aliphatic carbocycles. The van der Waals surface area contributed by atoms with Crippen LogP contribution in [-0.2, 0) is 17.5 Å². The Kier molecular flexibility index (Phi) is 6.94. The lowest BCUT2D eigenvalue weighted by Crippen LogP contribution is -2.45. The Morgan fingerprint density at radius 3 is 1.96 bits per heavy atom. The van der Waals surface area contributed by atoms with E-state index in [1.54, 1.807) is 17.3 Å². The van der Waals surface area contributed by atoms with Crippen molar-refractivity contribution in [2.24, 2.45) is 0 Å². The SMILES string of the molecule is O=CN1CCN(Cc2ccc(C(F)(F)F)cc2)CC1.c1ccncc1. The Labute approximate surface area is 144 Å². The molecule has 0 atom stereocenters. The third-order valence-electron chi connectivity index (χ3n) is 3.81. The van der Waals surface area contributed by atoms with E-state index in [1.807, 2.05) is 18.2 Å². The second-order valence-electron chi connectivity index (χ2n) is 5.64. The van der Waals surface area contributed by atoms with Crippen LogP contribution in [0.3, 0.4) is 0 Å². The number of rotatable bonds is 3. The molecule has 0 unspecified atom stereocenters. The van der Waals surface area contributed by atoms with Crippen LogP contribution >= 0.6 is 0 Å². The van der Waals surface area contributed by atoms with Gasteiger partial charge in [0.1, 0.15) is 0 Å². The van der Waals surface area contributed by atoms with Gasteiger partial charge in [0.25, 0.3) is 0 Å². The number of alkyl halides is 3. The Morgan fingerprint density at radius 1 is 0.960 bits per heavy atom. The largest absolute Gasteiger partial charge is 0.416 e. The maximum atomic E-state index is 12.4. The normalized spacial score (nSPS) is 15.2. The molecule has 0 radical (unpaired) electrons. The molecule has 7 heteroatoms. The van der Waals surface area contributed by atoms with Gasteiger partial charge < -0.3 is 4.90 Å². The highest BCUT2D eigenvalue weighted by Gasteiger charge is 2.30. The zero-order valence-electron chi connectivity index (χ0n) is 13.7. The Morgan fingerprint density at radius 2 is 1.56 bits per heavy atom. The quantitative estimate of drug-likeness (QED) is 0.798. The fourth-order valence-corrected chi connectivity index (χ4v) is 2.40. The standard InChI is InChI=1S/C13H15F3N2O.C5H5N/c14-13(15,16)12-3-1-11(2-4-12)9-17-5-7-18(10-19)8-6-17;1-2-4-6-5-3-1/h1-4,10H,5-9H2;1-5H. The summed E-state index contributed by atoms with van der Waals surface area (Å²) in [5, 5.41) is 0. The maximum Gasteiger partial charge on any atom is 0.416 e. The van der Waals surface area contributed by atoms with E-state index < -0.39 is 11.7 Å². The van der Waals surface area contributed by atoms with Crippen LogP contribution in [-0.4, -0.2) is 47.4 Å². The molecule has 2 heterocycles. The average Bonchev–Trinajstić information content (AvgIpc) is 2.64. The fraction of sp³-hybridized carbons (Fsp3) is 0.333. The average molecular weight is 351 g/mol. The van der Waals surface area contributed by atoms with Crippen molar-refractivity contribution >= 4 is 6.41 Å². The van der Waals surface area contributed by atoms with Crippen LogP contribution in [0.2, 0.25) is 0 Å². The summed E-state index contributed by atoms with van der Waals surface area (Å²) < 4.78 is 37.2. The van der Waals surface area contributed by atoms with Crippen LogP contribution < -0.4 is 0 Å². The van der Waals surface area contributed by atoms with E-state index >= 15 is 0 Å². The third kappa shape index (κ3) is 6.54. The number of piperazine rings is 1. The van der Waals surface area contributed by atoms with Crippen molar-refractivity contribution in [2.45, 2.75) is 12.7 Å². The smallest absolute Gasteiger partial charge is 0.343 e. The zero-order chi connectivity index (χ0) is 18.1. The van der Waals surface area contributed by atoms with Crippen molar-refractivity contribution in [3.8, 4) is 0 Å². The van der Waals surface area contributed by atoms with Gasteiger partial charge in [-0.25, -0.2) is 0 Å². The number of aromatic nitrogens is 1. The van der Waals surface area contributed by atoms with Gasteiger partial charge in [-0.05, 0) is 29.8 Å². The number of nitrogens with zero attached hydrogens (tertiary/aromatic N) is 3. The zero-order valence-corrected chi connectivity index (χ0v) is 13.7. The predicted octanol–water partition coefficient (Wildman–Crippen LogP) is 3.06. The van der Waals surface area contributed by atoms with Crippen LogP contribution in [0.25, 0.3) is 0 Å². The molecule has 1 aliphatic rings. The maximum absolute atomic E-state index is 12.4. The lowest BCUT2D eigenvalue weighted by Gasteiger charge is -2.32. The van der Waals surface area contributed by atoms with Gasteiger partial charge in [-0.1, -0.05) is 18.2 Å². The molecule has 0 spiro atoms. The van der Waals surface area contributed by atoms with Gasteiger partial charge in [0.15, 0.2) is 0 Å². The van der Waals surface area contributed by atoms with Crippen molar-refractivity contribution in [1.82, 2.24) is 14.8 Å². The topological polar surface area (TPSA) is 36.4 Å². The molecule has 4 nitrogen and oxygen atoms in total. The summed E-state index contributed by atoms with van der Waals surface area (Å²) in [5.41, 5.74) is 0.231. The van der Waals surface area contributed by atoms with E-state index in [-0.39, 0.29) is 0 Å². The fourth-order valence-electron chi connectivity index (χ4n) is 2.40. The molecule has 1 aliphatic heterocycles. The first-order valence-electron chi connectivity index (χ1n) is 7.92. The molecule has 0 bridgehead atoms. The Hall–Kier alpha value is -2.41. The summed E-state index contributed by atoms with van der Waals surface area (Å²) in [6.45, 7) is 3.46. The summed E-state index contributed by atoms with van der Waals surface area (Å²) in [5.74, 6) is 0. The number of hydrogen-bond donors (Lipinski definition) is 0. The van der Waals surface area contributed by atoms with E-state index in [0.717, 1.165) is 37.2 Å². The number of carbonyl (C=O) groups is 1. The van der Waals surface area contributed by atoms with Gasteiger partial charge in [-0.15, -0.1) is 0 Å². The predicted molar refractivity (Wildman–Crippen MR) is 88.6 cm³/mol. The molecule has 0 N–H and O–H groups in total. The molecule has 1 aromatic carbocycles. The molecule has 1 saturated heterocycles. The molecule has 25 heavy (non-hydrogen) atoms. The monoisotopic (exact) mass is 351 g/mol. The first-order valence-corrected chi connectivity index (χ1v) is 7.92. The van der Waals surface area contributed by atoms with Gasteiger partial charge >= 0.3 is 6.18 Å². The summed E-state index contributed by atoms with van der Waals surface area (Å²) in [6, 6.07) is 10.9. The highest BCUT2D eigenvalue weighted by atomic mass is 19.4. The minimum Gasteiger partial charge on any atom is -0.343 e. The summed E-state index contributed by atoms with van der Waals surface area (Å²) in [4.78, 5) is 18.2. The number of hydrogen-bond acceptors (Lipinski definition) is 3. The number of amides is 1. The number of halogens is 3. The summed E-state index contributed by atoms with van der Waals surface area (Å²) in [7, 11) is 0. The molecule has 1 aromatic heterocycles. The van der Waals surface area contributed by atoms with E-state index in [9.17, 15) is 18.0 Å². The van der Waals surface area contributed by atoms with Crippen molar-refractivity contribution in [3.63, 3.8) is 0 Å². The van der Waals surface area contributed by atoms with Crippen molar-refractivity contribution in [1.29, 1.82) is 0 Å². The number of carbonyl (C=O) groups excluding carboxylic acids is 1. The molecular weight excluding hydrogens is 331 g/mol. The van der Waals surface area contributed by atoms with Gasteiger partial charge in [-0.2, -0.15) is 13.2 Å². The van der Waals surface area contributed by atoms with Crippen molar-refractivity contribution in [3.05, 3.63) is 66.0 Å². The van der Waals surface area contributed by atoms with Crippen LogP contribution in [0.5, 0.6) is 0 Å². The second-order valence-corrected chi connectivity index (χ2v) is 5.64. The van der Waals surface area contributed by atoms with Gasteiger partial charge in [0.05, 0.1) is 5.56 Å². The van der Waals surface area contributed by atoms with Crippen LogP contribution in [0.4, 0.5) is 13.2 Å². The van der Waals surface area contributed by atoms with Crippen LogP contribution in [0, 0.1) is 0 Å². The molecule has 1 amide bonds. The first-order chi connectivity index (χ1) is 12.0. The Bertz CT molecular complexity index is 598. The molecule has 3 rings (SSSR count). The minimum atomic E-state index is -4.28. The Balaban J connectivity index is 0.000000316. The molecule has 0 saturated carbocycles. The third-order valence-corrected chi connectivity index (χ3v) is 3.81. The number of pyridine rings is 1. The second kappa shape index (κ2) is 9.17. The van der Waals surface area contributed by atoms with Gasteiger partial charge in [-0.3, -0.25) is 14.7 Å². The molecule has 1 fully saturated rings. The minimum absolute atomic E-state index is 0.616. The van der Waals surface area contributed by atoms with E-state index in [2.05, 4.69) is 9.88 Å². The lowest BCUT2D eigenvalue weighted by atomic mass is 10.1.